The van der Waals surface area contributed by atoms with E-state index < -0.39 is 30.0 Å². The number of halogens is 7. The predicted molar refractivity (Wildman–Crippen MR) is 74.9 cm³/mol. The van der Waals surface area contributed by atoms with Crippen molar-refractivity contribution in [3.05, 3.63) is 45.7 Å². The van der Waals surface area contributed by atoms with E-state index in [0.29, 0.717) is 4.88 Å². The van der Waals surface area contributed by atoms with Gasteiger partial charge in [-0.15, -0.1) is 11.3 Å². The lowest BCUT2D eigenvalue weighted by Crippen LogP contribution is -2.33. The molecule has 3 nitrogen and oxygen atoms in total. The van der Waals surface area contributed by atoms with Crippen molar-refractivity contribution < 1.29 is 35.5 Å². The van der Waals surface area contributed by atoms with Crippen LogP contribution >= 0.6 is 11.3 Å². The van der Waals surface area contributed by atoms with E-state index in [9.17, 15) is 35.5 Å². The number of amides is 1. The van der Waals surface area contributed by atoms with Crippen molar-refractivity contribution in [1.29, 1.82) is 0 Å². The quantitative estimate of drug-likeness (QED) is 0.713. The van der Waals surface area contributed by atoms with Gasteiger partial charge >= 0.3 is 12.4 Å². The molecule has 2 aromatic rings. The van der Waals surface area contributed by atoms with Gasteiger partial charge in [-0.25, -0.2) is 4.39 Å². The molecule has 0 bridgehead atoms. The Hall–Kier alpha value is -2.17. The number of hydrogen-bond donors (Lipinski definition) is 0. The number of carbonyl (C=O) groups is 1. The Morgan fingerprint density at radius 1 is 1.20 bits per heavy atom. The lowest BCUT2D eigenvalue weighted by atomic mass is 10.2. The number of thiazole rings is 1. The molecule has 0 aliphatic carbocycles. The highest BCUT2D eigenvalue weighted by Gasteiger charge is 2.45. The first-order valence-electron chi connectivity index (χ1n) is 6.55. The highest BCUT2D eigenvalue weighted by Crippen LogP contribution is 2.30. The van der Waals surface area contributed by atoms with E-state index in [2.05, 4.69) is 4.99 Å². The van der Waals surface area contributed by atoms with Crippen LogP contribution in [0.3, 0.4) is 0 Å². The molecule has 0 radical (unpaired) electrons. The van der Waals surface area contributed by atoms with Crippen molar-refractivity contribution in [3.63, 3.8) is 0 Å². The molecule has 25 heavy (non-hydrogen) atoms. The van der Waals surface area contributed by atoms with E-state index in [4.69, 9.17) is 0 Å². The van der Waals surface area contributed by atoms with Crippen molar-refractivity contribution in [2.24, 2.45) is 4.99 Å². The van der Waals surface area contributed by atoms with E-state index in [1.165, 1.54) is 19.2 Å². The minimum absolute atomic E-state index is 0.0758. The summed E-state index contributed by atoms with van der Waals surface area (Å²) in [6.45, 7) is 1.51. The molecule has 0 saturated carbocycles. The van der Waals surface area contributed by atoms with E-state index in [1.807, 2.05) is 0 Å². The molecule has 2 rings (SSSR count). The van der Waals surface area contributed by atoms with E-state index >= 15 is 0 Å². The van der Waals surface area contributed by atoms with Gasteiger partial charge in [0.15, 0.2) is 4.80 Å². The Balaban J connectivity index is 2.53. The van der Waals surface area contributed by atoms with Crippen LogP contribution in [0.2, 0.25) is 0 Å². The third-order valence-electron chi connectivity index (χ3n) is 2.93. The zero-order chi connectivity index (χ0) is 19.0. The van der Waals surface area contributed by atoms with Gasteiger partial charge in [0.25, 0.3) is 12.1 Å². The zero-order valence-electron chi connectivity index (χ0n) is 12.3. The molecule has 136 valence electrons. The largest absolute Gasteiger partial charge is 0.428 e. The third kappa shape index (κ3) is 4.47. The Bertz CT molecular complexity index is 848. The molecule has 0 fully saturated rings. The van der Waals surface area contributed by atoms with Crippen LogP contribution in [0.5, 0.6) is 0 Å². The summed E-state index contributed by atoms with van der Waals surface area (Å²) >= 11 is 0.739. The fourth-order valence-corrected chi connectivity index (χ4v) is 2.68. The summed E-state index contributed by atoms with van der Waals surface area (Å²) in [6.07, 6.45) is -12.6. The maximum Gasteiger partial charge on any atom is 0.428 e. The second-order valence-electron chi connectivity index (χ2n) is 4.90. The predicted octanol–water partition coefficient (Wildman–Crippen LogP) is 4.19. The molecule has 1 atom stereocenters. The molecule has 1 amide bonds. The van der Waals surface area contributed by atoms with Crippen LogP contribution < -0.4 is 4.80 Å². The van der Waals surface area contributed by atoms with Crippen molar-refractivity contribution in [2.45, 2.75) is 25.4 Å². The van der Waals surface area contributed by atoms with Gasteiger partial charge in [0, 0.05) is 16.8 Å². The van der Waals surface area contributed by atoms with E-state index in [1.54, 1.807) is 0 Å². The van der Waals surface area contributed by atoms with Crippen LogP contribution in [-0.4, -0.2) is 22.8 Å². The molecule has 1 heterocycles. The molecule has 0 aliphatic rings. The highest BCUT2D eigenvalue weighted by atomic mass is 32.1. The first kappa shape index (κ1) is 19.2. The van der Waals surface area contributed by atoms with Gasteiger partial charge in [0.1, 0.15) is 0 Å². The van der Waals surface area contributed by atoms with Gasteiger partial charge in [-0.05, 0) is 25.1 Å². The van der Waals surface area contributed by atoms with Gasteiger partial charge in [0.2, 0.25) is 0 Å². The number of nitrogens with zero attached hydrogens (tertiary/aromatic N) is 2. The molecule has 0 saturated heterocycles. The molecular formula is C14H9F7N2OS. The topological polar surface area (TPSA) is 34.4 Å². The summed E-state index contributed by atoms with van der Waals surface area (Å²) in [5.41, 5.74) is -1.06. The molecular weight excluding hydrogens is 377 g/mol. The Labute approximate surface area is 140 Å². The summed E-state index contributed by atoms with van der Waals surface area (Å²) in [5.74, 6) is -2.07. The summed E-state index contributed by atoms with van der Waals surface area (Å²) in [4.78, 5) is 14.5. The normalized spacial score (nSPS) is 14.6. The molecule has 1 aromatic heterocycles. The highest BCUT2D eigenvalue weighted by molar-refractivity contribution is 7.09. The summed E-state index contributed by atoms with van der Waals surface area (Å²) in [6, 6.07) is 3.90. The van der Waals surface area contributed by atoms with Crippen LogP contribution in [0, 0.1) is 6.92 Å². The molecule has 0 N–H and O–H groups in total. The summed E-state index contributed by atoms with van der Waals surface area (Å²) in [7, 11) is 0. The average Bonchev–Trinajstić information content (AvgIpc) is 2.85. The minimum Gasteiger partial charge on any atom is -0.292 e. The van der Waals surface area contributed by atoms with Gasteiger partial charge in [-0.1, -0.05) is 6.07 Å². The van der Waals surface area contributed by atoms with Crippen molar-refractivity contribution in [1.82, 2.24) is 4.57 Å². The van der Waals surface area contributed by atoms with Crippen molar-refractivity contribution in [3.8, 4) is 5.69 Å². The molecule has 1 aromatic carbocycles. The fourth-order valence-electron chi connectivity index (χ4n) is 1.84. The third-order valence-corrected chi connectivity index (χ3v) is 3.83. The van der Waals surface area contributed by atoms with Crippen LogP contribution in [-0.2, 0) is 11.0 Å². The van der Waals surface area contributed by atoms with Crippen molar-refractivity contribution in [2.75, 3.05) is 0 Å². The van der Waals surface area contributed by atoms with Gasteiger partial charge in [-0.2, -0.15) is 31.3 Å². The molecule has 11 heteroatoms. The molecule has 1 unspecified atom stereocenters. The lowest BCUT2D eigenvalue weighted by Gasteiger charge is -2.10. The van der Waals surface area contributed by atoms with Crippen LogP contribution in [0.4, 0.5) is 30.7 Å². The SMILES string of the molecule is Cc1cn(-c2cccc(C(F)(F)F)c2)c(=NC(=O)C(F)C(F)(F)F)s1. The first-order valence-corrected chi connectivity index (χ1v) is 7.37. The second kappa shape index (κ2) is 6.62. The van der Waals surface area contributed by atoms with E-state index in [0.717, 1.165) is 34.1 Å². The van der Waals surface area contributed by atoms with E-state index in [-0.39, 0.29) is 10.5 Å². The van der Waals surface area contributed by atoms with Crippen molar-refractivity contribution >= 4 is 17.2 Å². The smallest absolute Gasteiger partial charge is 0.292 e. The lowest BCUT2D eigenvalue weighted by molar-refractivity contribution is -0.185. The number of benzene rings is 1. The number of aryl methyl sites for hydroxylation is 1. The Morgan fingerprint density at radius 3 is 2.40 bits per heavy atom. The number of alkyl halides is 7. The zero-order valence-corrected chi connectivity index (χ0v) is 13.1. The molecule has 0 spiro atoms. The maximum absolute atomic E-state index is 13.0. The standard InChI is InChI=1S/C14H9F7N2OS/c1-7-6-23(9-4-2-3-8(5-9)13(16,17)18)12(25-7)22-11(24)10(15)14(19,20)21/h2-6,10H,1H3. The Morgan fingerprint density at radius 2 is 1.84 bits per heavy atom. The van der Waals surface area contributed by atoms with Gasteiger partial charge in [-0.3, -0.25) is 9.36 Å². The Kier molecular flexibility index (Phi) is 5.07. The second-order valence-corrected chi connectivity index (χ2v) is 6.11. The minimum atomic E-state index is -5.41. The number of carbonyl (C=O) groups excluding carboxylic acids is 1. The average molecular weight is 386 g/mol. The summed E-state index contributed by atoms with van der Waals surface area (Å²) in [5, 5.41) is 0. The molecule has 0 aliphatic heterocycles. The fraction of sp³-hybridized carbons (Fsp3) is 0.286. The van der Waals surface area contributed by atoms with Crippen LogP contribution in [0.1, 0.15) is 10.4 Å². The summed E-state index contributed by atoms with van der Waals surface area (Å²) < 4.78 is 89.1. The first-order chi connectivity index (χ1) is 11.4. The van der Waals surface area contributed by atoms with Gasteiger partial charge < -0.3 is 0 Å². The maximum atomic E-state index is 13.0. The number of rotatable bonds is 2. The number of hydrogen-bond acceptors (Lipinski definition) is 2. The monoisotopic (exact) mass is 386 g/mol. The van der Waals surface area contributed by atoms with Crippen LogP contribution in [0.15, 0.2) is 35.5 Å². The number of aromatic nitrogens is 1. The van der Waals surface area contributed by atoms with Gasteiger partial charge in [0.05, 0.1) is 5.56 Å². The van der Waals surface area contributed by atoms with Crippen LogP contribution in [0.25, 0.3) is 5.69 Å².